The van der Waals surface area contributed by atoms with Crippen molar-refractivity contribution in [1.82, 2.24) is 0 Å². The van der Waals surface area contributed by atoms with Crippen LogP contribution in [0, 0.1) is 17.1 Å². The molecule has 0 aliphatic heterocycles. The second-order valence-corrected chi connectivity index (χ2v) is 7.84. The largest absolute Gasteiger partial charge is 0.276 e. The topological polar surface area (TPSA) is 70.0 Å². The van der Waals surface area contributed by atoms with Gasteiger partial charge in [0, 0.05) is 0 Å². The summed E-state index contributed by atoms with van der Waals surface area (Å²) in [5.74, 6) is -0.793. The summed E-state index contributed by atoms with van der Waals surface area (Å²) in [6.07, 6.45) is 0. The molecule has 0 bridgehead atoms. The molecular weight excluding hydrogens is 355 g/mol. The molecule has 2 rings (SSSR count). The third kappa shape index (κ3) is 3.12. The van der Waals surface area contributed by atoms with Gasteiger partial charge in [-0.15, -0.1) is 11.3 Å². The van der Waals surface area contributed by atoms with E-state index in [0.717, 1.165) is 17.4 Å². The van der Waals surface area contributed by atoms with E-state index >= 15 is 0 Å². The van der Waals surface area contributed by atoms with Crippen LogP contribution in [-0.2, 0) is 10.0 Å². The van der Waals surface area contributed by atoms with E-state index in [1.165, 1.54) is 18.2 Å². The van der Waals surface area contributed by atoms with E-state index in [1.54, 1.807) is 12.1 Å². The van der Waals surface area contributed by atoms with Gasteiger partial charge in [-0.3, -0.25) is 4.72 Å². The van der Waals surface area contributed by atoms with E-state index in [1.807, 2.05) is 0 Å². The molecule has 0 aliphatic rings. The fraction of sp³-hybridized carbons (Fsp3) is 0. The van der Waals surface area contributed by atoms with Crippen LogP contribution in [0.2, 0.25) is 0 Å². The summed E-state index contributed by atoms with van der Waals surface area (Å²) in [4.78, 5) is 0. The highest BCUT2D eigenvalue weighted by atomic mass is 79.9. The molecule has 0 fully saturated rings. The molecule has 98 valence electrons. The zero-order valence-corrected chi connectivity index (χ0v) is 12.4. The van der Waals surface area contributed by atoms with Crippen LogP contribution in [0.1, 0.15) is 5.56 Å². The first-order valence-electron chi connectivity index (χ1n) is 4.90. The zero-order valence-electron chi connectivity index (χ0n) is 9.22. The molecule has 4 nitrogen and oxygen atoms in total. The van der Waals surface area contributed by atoms with E-state index in [-0.39, 0.29) is 15.5 Å². The van der Waals surface area contributed by atoms with E-state index in [0.29, 0.717) is 3.79 Å². The van der Waals surface area contributed by atoms with Crippen molar-refractivity contribution in [3.63, 3.8) is 0 Å². The highest BCUT2D eigenvalue weighted by Gasteiger charge is 2.18. The number of nitrogens with one attached hydrogen (secondary N) is 1. The van der Waals surface area contributed by atoms with E-state index in [9.17, 15) is 12.8 Å². The number of nitriles is 1. The summed E-state index contributed by atoms with van der Waals surface area (Å²) in [7, 11) is -3.82. The van der Waals surface area contributed by atoms with Crippen LogP contribution >= 0.6 is 27.3 Å². The average Bonchev–Trinajstić information content (AvgIpc) is 2.79. The minimum Gasteiger partial charge on any atom is -0.276 e. The highest BCUT2D eigenvalue weighted by molar-refractivity contribution is 9.11. The van der Waals surface area contributed by atoms with Crippen molar-refractivity contribution in [2.75, 3.05) is 4.72 Å². The lowest BCUT2D eigenvalue weighted by atomic mass is 10.2. The number of sulfonamides is 1. The molecule has 1 N–H and O–H groups in total. The molecule has 0 aliphatic carbocycles. The van der Waals surface area contributed by atoms with Gasteiger partial charge >= 0.3 is 0 Å². The Morgan fingerprint density at radius 2 is 2.05 bits per heavy atom. The van der Waals surface area contributed by atoms with Crippen LogP contribution in [0.25, 0.3) is 0 Å². The Kier molecular flexibility index (Phi) is 3.89. The van der Waals surface area contributed by atoms with E-state index in [4.69, 9.17) is 5.26 Å². The number of hydrogen-bond acceptors (Lipinski definition) is 4. The maximum absolute atomic E-state index is 13.6. The van der Waals surface area contributed by atoms with Gasteiger partial charge in [0.2, 0.25) is 0 Å². The van der Waals surface area contributed by atoms with Crippen LogP contribution < -0.4 is 4.72 Å². The van der Waals surface area contributed by atoms with Gasteiger partial charge in [0.05, 0.1) is 21.1 Å². The van der Waals surface area contributed by atoms with E-state index in [2.05, 4.69) is 20.7 Å². The first kappa shape index (κ1) is 14.0. The standard InChI is InChI=1S/C11H6BrFN2O2S2/c12-10-3-4-11(18-10)19(16,17)15-9-2-1-7(6-14)5-8(9)13/h1-5,15H. The Balaban J connectivity index is 2.34. The van der Waals surface area contributed by atoms with Crippen LogP contribution in [0.5, 0.6) is 0 Å². The highest BCUT2D eigenvalue weighted by Crippen LogP contribution is 2.28. The fourth-order valence-corrected chi connectivity index (χ4v) is 4.38. The smallest absolute Gasteiger partial charge is 0.271 e. The van der Waals surface area contributed by atoms with Crippen LogP contribution in [0.4, 0.5) is 10.1 Å². The molecule has 0 spiro atoms. The third-order valence-corrected chi connectivity index (χ3v) is 5.64. The van der Waals surface area contributed by atoms with Gasteiger partial charge in [0.1, 0.15) is 10.0 Å². The summed E-state index contributed by atoms with van der Waals surface area (Å²) < 4.78 is 40.4. The average molecular weight is 361 g/mol. The second-order valence-electron chi connectivity index (χ2n) is 3.47. The van der Waals surface area contributed by atoms with Gasteiger partial charge in [-0.05, 0) is 46.3 Å². The van der Waals surface area contributed by atoms with Crippen molar-refractivity contribution in [2.45, 2.75) is 4.21 Å². The van der Waals surface area contributed by atoms with Crippen LogP contribution in [-0.4, -0.2) is 8.42 Å². The molecule has 8 heteroatoms. The first-order valence-corrected chi connectivity index (χ1v) is 7.99. The van der Waals surface area contributed by atoms with Crippen molar-refractivity contribution in [1.29, 1.82) is 5.26 Å². The third-order valence-electron chi connectivity index (χ3n) is 2.16. The van der Waals surface area contributed by atoms with Crippen molar-refractivity contribution in [3.8, 4) is 6.07 Å². The Labute approximate surface area is 121 Å². The molecule has 0 atom stereocenters. The number of rotatable bonds is 3. The number of halogens is 2. The van der Waals surface area contributed by atoms with Crippen molar-refractivity contribution in [2.24, 2.45) is 0 Å². The van der Waals surface area contributed by atoms with Crippen molar-refractivity contribution < 1.29 is 12.8 Å². The molecule has 2 aromatic rings. The number of thiophene rings is 1. The maximum Gasteiger partial charge on any atom is 0.271 e. The molecule has 1 aromatic heterocycles. The van der Waals surface area contributed by atoms with Gasteiger partial charge in [-0.25, -0.2) is 12.8 Å². The lowest BCUT2D eigenvalue weighted by molar-refractivity contribution is 0.600. The minimum atomic E-state index is -3.82. The van der Waals surface area contributed by atoms with Gasteiger partial charge in [-0.1, -0.05) is 0 Å². The Morgan fingerprint density at radius 1 is 1.32 bits per heavy atom. The number of anilines is 1. The molecule has 0 amide bonds. The Bertz CT molecular complexity index is 765. The molecule has 0 saturated carbocycles. The number of hydrogen-bond donors (Lipinski definition) is 1. The van der Waals surface area contributed by atoms with Crippen molar-refractivity contribution >= 4 is 43.0 Å². The lowest BCUT2D eigenvalue weighted by Crippen LogP contribution is -2.12. The summed E-state index contributed by atoms with van der Waals surface area (Å²) in [6, 6.07) is 8.31. The molecular formula is C11H6BrFN2O2S2. The molecule has 0 unspecified atom stereocenters. The fourth-order valence-electron chi connectivity index (χ4n) is 1.30. The summed E-state index contributed by atoms with van der Waals surface area (Å²) in [5, 5.41) is 8.61. The maximum atomic E-state index is 13.6. The summed E-state index contributed by atoms with van der Waals surface area (Å²) in [5.41, 5.74) is -0.0668. The van der Waals surface area contributed by atoms with E-state index < -0.39 is 15.8 Å². The summed E-state index contributed by atoms with van der Waals surface area (Å²) >= 11 is 4.18. The lowest BCUT2D eigenvalue weighted by Gasteiger charge is -2.07. The van der Waals surface area contributed by atoms with Crippen molar-refractivity contribution in [3.05, 3.63) is 45.5 Å². The van der Waals surface area contributed by atoms with Crippen LogP contribution in [0.3, 0.4) is 0 Å². The van der Waals surface area contributed by atoms with Crippen LogP contribution in [0.15, 0.2) is 38.3 Å². The number of nitrogens with zero attached hydrogens (tertiary/aromatic N) is 1. The minimum absolute atomic E-state index is 0.0723. The number of benzene rings is 1. The zero-order chi connectivity index (χ0) is 14.0. The molecule has 0 radical (unpaired) electrons. The summed E-state index contributed by atoms with van der Waals surface area (Å²) in [6.45, 7) is 0. The van der Waals surface area contributed by atoms with Gasteiger partial charge < -0.3 is 0 Å². The molecule has 0 saturated heterocycles. The first-order chi connectivity index (χ1) is 8.92. The Morgan fingerprint density at radius 3 is 2.58 bits per heavy atom. The monoisotopic (exact) mass is 360 g/mol. The van der Waals surface area contributed by atoms with Gasteiger partial charge in [-0.2, -0.15) is 5.26 Å². The SMILES string of the molecule is N#Cc1ccc(NS(=O)(=O)c2ccc(Br)s2)c(F)c1. The predicted molar refractivity (Wildman–Crippen MR) is 73.9 cm³/mol. The quantitative estimate of drug-likeness (QED) is 0.912. The predicted octanol–water partition coefficient (Wildman–Crippen LogP) is 3.32. The van der Waals surface area contributed by atoms with Gasteiger partial charge in [0.25, 0.3) is 10.0 Å². The second kappa shape index (κ2) is 5.28. The molecule has 19 heavy (non-hydrogen) atoms. The van der Waals surface area contributed by atoms with Gasteiger partial charge in [0.15, 0.2) is 0 Å². The normalized spacial score (nSPS) is 11.0. The Hall–Kier alpha value is -1.43. The molecule has 1 aromatic carbocycles. The molecule has 1 heterocycles.